The van der Waals surface area contributed by atoms with E-state index < -0.39 is 0 Å². The first kappa shape index (κ1) is 38.1. The highest BCUT2D eigenvalue weighted by Crippen LogP contribution is 2.59. The molecule has 69 heavy (non-hydrogen) atoms. The molecule has 0 unspecified atom stereocenters. The highest BCUT2D eigenvalue weighted by molar-refractivity contribution is 5.90. The SMILES string of the molecule is c1ccc2c(c1)CC1(C2)c2ccccc2-c2ccc(-c3cc(-c4ccc5c(c4)C4(Cc6ccccc6C4)c4ccccc4-5)nc(-c4ccc5c(c4)C4(Cc6ccccc6C4)c4ccccc4-5)c3)cc21. The molecule has 1 aromatic heterocycles. The summed E-state index contributed by atoms with van der Waals surface area (Å²) < 4.78 is 0. The fourth-order valence-corrected chi connectivity index (χ4v) is 14.8. The van der Waals surface area contributed by atoms with Crippen molar-refractivity contribution < 1.29 is 0 Å². The highest BCUT2D eigenvalue weighted by Gasteiger charge is 2.50. The number of hydrogen-bond acceptors (Lipinski definition) is 1. The van der Waals surface area contributed by atoms with Gasteiger partial charge < -0.3 is 0 Å². The van der Waals surface area contributed by atoms with Gasteiger partial charge in [-0.2, -0.15) is 0 Å². The van der Waals surface area contributed by atoms with Crippen molar-refractivity contribution in [2.45, 2.75) is 54.8 Å². The highest BCUT2D eigenvalue weighted by atomic mass is 14.7. The van der Waals surface area contributed by atoms with Crippen LogP contribution in [0.3, 0.4) is 0 Å². The Morgan fingerprint density at radius 2 is 0.507 bits per heavy atom. The predicted octanol–water partition coefficient (Wildman–Crippen LogP) is 15.3. The Morgan fingerprint density at radius 1 is 0.232 bits per heavy atom. The van der Waals surface area contributed by atoms with Crippen LogP contribution in [0.1, 0.15) is 66.8 Å². The zero-order valence-corrected chi connectivity index (χ0v) is 38.4. The van der Waals surface area contributed by atoms with Gasteiger partial charge in [-0.05, 0) is 180 Å². The van der Waals surface area contributed by atoms with Crippen molar-refractivity contribution in [3.05, 3.63) is 279 Å². The first-order valence-corrected chi connectivity index (χ1v) is 25.0. The van der Waals surface area contributed by atoms with Gasteiger partial charge in [0, 0.05) is 27.4 Å². The molecule has 0 saturated heterocycles. The number of benzene rings is 9. The topological polar surface area (TPSA) is 12.9 Å². The Balaban J connectivity index is 0.893. The number of rotatable bonds is 3. The lowest BCUT2D eigenvalue weighted by atomic mass is 9.75. The molecule has 9 aromatic carbocycles. The maximum Gasteiger partial charge on any atom is 0.0715 e. The number of aromatic nitrogens is 1. The van der Waals surface area contributed by atoms with Gasteiger partial charge in [0.1, 0.15) is 0 Å². The van der Waals surface area contributed by atoms with Crippen LogP contribution >= 0.6 is 0 Å². The Hall–Kier alpha value is -7.87. The van der Waals surface area contributed by atoms with E-state index in [1.807, 2.05) is 0 Å². The summed E-state index contributed by atoms with van der Waals surface area (Å²) in [5, 5.41) is 0. The molecule has 0 saturated carbocycles. The van der Waals surface area contributed by atoms with E-state index in [-0.39, 0.29) is 16.2 Å². The van der Waals surface area contributed by atoms with E-state index in [4.69, 9.17) is 4.98 Å². The summed E-state index contributed by atoms with van der Waals surface area (Å²) in [7, 11) is 0. The Bertz CT molecular complexity index is 3390. The van der Waals surface area contributed by atoms with E-state index >= 15 is 0 Å². The molecule has 0 amide bonds. The van der Waals surface area contributed by atoms with Gasteiger partial charge in [0.2, 0.25) is 0 Å². The predicted molar refractivity (Wildman–Crippen MR) is 281 cm³/mol. The fraction of sp³-hybridized carbons (Fsp3) is 0.132. The smallest absolute Gasteiger partial charge is 0.0715 e. The van der Waals surface area contributed by atoms with Crippen LogP contribution in [0.15, 0.2) is 212 Å². The molecule has 0 fully saturated rings. The third kappa shape index (κ3) is 5.12. The maximum atomic E-state index is 5.76. The van der Waals surface area contributed by atoms with Gasteiger partial charge in [0.15, 0.2) is 0 Å². The van der Waals surface area contributed by atoms with Crippen molar-refractivity contribution in [1.29, 1.82) is 0 Å². The third-order valence-electron chi connectivity index (χ3n) is 17.9. The van der Waals surface area contributed by atoms with E-state index in [2.05, 4.69) is 212 Å². The first-order chi connectivity index (χ1) is 34.1. The van der Waals surface area contributed by atoms with E-state index in [0.29, 0.717) is 0 Å². The summed E-state index contributed by atoms with van der Waals surface area (Å²) in [6, 6.07) is 81.6. The lowest BCUT2D eigenvalue weighted by molar-refractivity contribution is 0.564. The zero-order valence-electron chi connectivity index (χ0n) is 38.4. The van der Waals surface area contributed by atoms with Crippen LogP contribution in [0.4, 0.5) is 0 Å². The molecule has 6 aliphatic rings. The molecule has 10 aromatic rings. The Morgan fingerprint density at radius 3 is 0.855 bits per heavy atom. The second-order valence-electron chi connectivity index (χ2n) is 21.2. The summed E-state index contributed by atoms with van der Waals surface area (Å²) in [5.74, 6) is 0. The van der Waals surface area contributed by atoms with Gasteiger partial charge in [-0.25, -0.2) is 4.98 Å². The molecular weight excluding hydrogens is 831 g/mol. The van der Waals surface area contributed by atoms with E-state index in [9.17, 15) is 0 Å². The van der Waals surface area contributed by atoms with Crippen molar-refractivity contribution >= 4 is 0 Å². The standard InChI is InChI=1S/C68H47N/c1-2-14-46-37-66(36-45(46)13-1)58-22-10-7-19-52(58)55-28-25-42(31-61(55)66)51-34-64(43-26-29-56-53-20-8-11-23-59(53)67(62(56)32-43)38-47-15-3-4-16-48(47)39-67)69-65(35-51)44-27-30-57-54-21-9-12-24-60(54)68(63(57)33-44)40-49-17-5-6-18-50(49)41-68/h1-35H,36-41H2. The molecule has 1 nitrogen and oxygen atoms in total. The monoisotopic (exact) mass is 877 g/mol. The van der Waals surface area contributed by atoms with Crippen LogP contribution < -0.4 is 0 Å². The van der Waals surface area contributed by atoms with Gasteiger partial charge in [0.25, 0.3) is 0 Å². The third-order valence-corrected chi connectivity index (χ3v) is 17.9. The molecule has 3 spiro atoms. The van der Waals surface area contributed by atoms with E-state index in [1.54, 1.807) is 0 Å². The normalized spacial score (nSPS) is 16.7. The summed E-state index contributed by atoms with van der Waals surface area (Å²) in [5.41, 5.74) is 32.3. The van der Waals surface area contributed by atoms with Crippen molar-refractivity contribution in [3.8, 4) is 67.0 Å². The minimum Gasteiger partial charge on any atom is -0.248 e. The van der Waals surface area contributed by atoms with Crippen molar-refractivity contribution in [2.24, 2.45) is 0 Å². The summed E-state index contributed by atoms with van der Waals surface area (Å²) in [6.45, 7) is 0. The number of nitrogens with zero attached hydrogens (tertiary/aromatic N) is 1. The van der Waals surface area contributed by atoms with Gasteiger partial charge in [0.05, 0.1) is 11.4 Å². The van der Waals surface area contributed by atoms with Gasteiger partial charge in [-0.15, -0.1) is 0 Å². The van der Waals surface area contributed by atoms with E-state index in [1.165, 1.54) is 122 Å². The zero-order chi connectivity index (χ0) is 45.1. The van der Waals surface area contributed by atoms with E-state index in [0.717, 1.165) is 49.9 Å². The molecule has 1 heteroatoms. The lowest BCUT2D eigenvalue weighted by Gasteiger charge is -2.27. The average molecular weight is 878 g/mol. The van der Waals surface area contributed by atoms with Crippen molar-refractivity contribution in [3.63, 3.8) is 0 Å². The molecule has 0 bridgehead atoms. The second-order valence-corrected chi connectivity index (χ2v) is 21.2. The molecule has 0 radical (unpaired) electrons. The minimum absolute atomic E-state index is 0.0886. The largest absolute Gasteiger partial charge is 0.248 e. The average Bonchev–Trinajstić information content (AvgIpc) is 4.25. The Labute approximate surface area is 403 Å². The summed E-state index contributed by atoms with van der Waals surface area (Å²) in [6.07, 6.45) is 6.11. The van der Waals surface area contributed by atoms with Crippen molar-refractivity contribution in [1.82, 2.24) is 4.98 Å². The summed E-state index contributed by atoms with van der Waals surface area (Å²) >= 11 is 0. The number of pyridine rings is 1. The molecule has 16 rings (SSSR count). The number of fused-ring (bicyclic) bond motifs is 18. The van der Waals surface area contributed by atoms with Gasteiger partial charge in [-0.3, -0.25) is 0 Å². The van der Waals surface area contributed by atoms with Gasteiger partial charge >= 0.3 is 0 Å². The van der Waals surface area contributed by atoms with Crippen LogP contribution in [0.5, 0.6) is 0 Å². The number of hydrogen-bond donors (Lipinski definition) is 0. The fourth-order valence-electron chi connectivity index (χ4n) is 14.8. The summed E-state index contributed by atoms with van der Waals surface area (Å²) in [4.78, 5) is 5.76. The van der Waals surface area contributed by atoms with Crippen LogP contribution in [0, 0.1) is 0 Å². The Kier molecular flexibility index (Phi) is 7.54. The molecule has 0 N–H and O–H groups in total. The maximum absolute atomic E-state index is 5.76. The van der Waals surface area contributed by atoms with Crippen LogP contribution in [0.2, 0.25) is 0 Å². The molecular formula is C68H47N. The molecule has 6 aliphatic carbocycles. The van der Waals surface area contributed by atoms with Crippen LogP contribution in [-0.4, -0.2) is 4.98 Å². The lowest BCUT2D eigenvalue weighted by Crippen LogP contribution is -2.25. The second kappa shape index (κ2) is 13.6. The molecule has 0 atom stereocenters. The van der Waals surface area contributed by atoms with Crippen LogP contribution in [-0.2, 0) is 54.8 Å². The molecule has 0 aliphatic heterocycles. The quantitative estimate of drug-likeness (QED) is 0.172. The van der Waals surface area contributed by atoms with Crippen LogP contribution in [0.25, 0.3) is 67.0 Å². The minimum atomic E-state index is -0.101. The molecule has 324 valence electrons. The molecule has 1 heterocycles. The van der Waals surface area contributed by atoms with Gasteiger partial charge in [-0.1, -0.05) is 182 Å². The van der Waals surface area contributed by atoms with Crippen molar-refractivity contribution in [2.75, 3.05) is 0 Å². The first-order valence-electron chi connectivity index (χ1n) is 25.0.